The molecular formula is C19H23NO5. The molecule has 1 aromatic rings. The van der Waals surface area contributed by atoms with Crippen molar-refractivity contribution in [2.45, 2.75) is 31.7 Å². The van der Waals surface area contributed by atoms with E-state index in [0.717, 1.165) is 5.56 Å². The first-order valence-corrected chi connectivity index (χ1v) is 8.33. The monoisotopic (exact) mass is 345 g/mol. The molecule has 0 radical (unpaired) electrons. The number of amides is 1. The van der Waals surface area contributed by atoms with Gasteiger partial charge >= 0.3 is 11.9 Å². The fraction of sp³-hybridized carbons (Fsp3) is 0.421. The molecule has 0 aliphatic carbocycles. The molecule has 25 heavy (non-hydrogen) atoms. The predicted octanol–water partition coefficient (Wildman–Crippen LogP) is 2.56. The highest BCUT2D eigenvalue weighted by molar-refractivity contribution is 5.79. The molecule has 2 rings (SSSR count). The van der Waals surface area contributed by atoms with Crippen molar-refractivity contribution in [2.75, 3.05) is 13.7 Å². The molecule has 0 unspecified atom stereocenters. The number of carbonyl (C=O) groups is 3. The van der Waals surface area contributed by atoms with Crippen LogP contribution in [0, 0.1) is 5.92 Å². The van der Waals surface area contributed by atoms with Crippen molar-refractivity contribution < 1.29 is 24.2 Å². The van der Waals surface area contributed by atoms with Gasteiger partial charge in [-0.3, -0.25) is 14.4 Å². The Morgan fingerprint density at radius 2 is 1.96 bits per heavy atom. The Labute approximate surface area is 147 Å². The lowest BCUT2D eigenvalue weighted by Gasteiger charge is -2.29. The Morgan fingerprint density at radius 3 is 2.64 bits per heavy atom. The third-order valence-corrected chi connectivity index (χ3v) is 4.30. The summed E-state index contributed by atoms with van der Waals surface area (Å²) >= 11 is 0. The van der Waals surface area contributed by atoms with Gasteiger partial charge in [-0.05, 0) is 18.4 Å². The van der Waals surface area contributed by atoms with Gasteiger partial charge in [-0.15, -0.1) is 0 Å². The van der Waals surface area contributed by atoms with Crippen LogP contribution in [-0.4, -0.2) is 41.5 Å². The SMILES string of the molecule is CN1C(=O)CCC=CC[C@@H](CC(=O)O)C(=O)OC[C@H]1c1ccccc1. The van der Waals surface area contributed by atoms with Crippen LogP contribution in [0.3, 0.4) is 0 Å². The normalized spacial score (nSPS) is 22.7. The maximum Gasteiger partial charge on any atom is 0.309 e. The summed E-state index contributed by atoms with van der Waals surface area (Å²) in [7, 11) is 1.69. The molecule has 0 spiro atoms. The van der Waals surface area contributed by atoms with E-state index < -0.39 is 23.9 Å². The Balaban J connectivity index is 2.23. The molecule has 0 aromatic heterocycles. The number of esters is 1. The standard InChI is InChI=1S/C19H23NO5/c1-20-16(14-8-4-2-5-9-14)13-25-19(24)15(12-18(22)23)10-6-3-7-11-17(20)21/h2-6,8-9,15-16H,7,10-13H2,1H3,(H,22,23)/t15-,16-/m0/s1. The lowest BCUT2D eigenvalue weighted by atomic mass is 10.0. The van der Waals surface area contributed by atoms with Crippen molar-refractivity contribution in [3.8, 4) is 0 Å². The van der Waals surface area contributed by atoms with E-state index in [0.29, 0.717) is 19.3 Å². The Morgan fingerprint density at radius 1 is 1.24 bits per heavy atom. The van der Waals surface area contributed by atoms with Crippen LogP contribution < -0.4 is 0 Å². The number of hydrogen-bond donors (Lipinski definition) is 1. The first kappa shape index (κ1) is 18.7. The quantitative estimate of drug-likeness (QED) is 0.672. The van der Waals surface area contributed by atoms with Crippen LogP contribution in [0.15, 0.2) is 42.5 Å². The summed E-state index contributed by atoms with van der Waals surface area (Å²) in [5.74, 6) is -2.33. The van der Waals surface area contributed by atoms with E-state index in [1.807, 2.05) is 36.4 Å². The zero-order chi connectivity index (χ0) is 18.2. The van der Waals surface area contributed by atoms with Gasteiger partial charge in [-0.25, -0.2) is 0 Å². The summed E-state index contributed by atoms with van der Waals surface area (Å²) < 4.78 is 5.38. The zero-order valence-electron chi connectivity index (χ0n) is 14.3. The highest BCUT2D eigenvalue weighted by Crippen LogP contribution is 2.23. The van der Waals surface area contributed by atoms with Crippen LogP contribution in [-0.2, 0) is 19.1 Å². The molecule has 0 fully saturated rings. The summed E-state index contributed by atoms with van der Waals surface area (Å²) in [5.41, 5.74) is 0.869. The van der Waals surface area contributed by atoms with Gasteiger partial charge < -0.3 is 14.7 Å². The second-order valence-corrected chi connectivity index (χ2v) is 6.10. The molecule has 0 saturated carbocycles. The molecule has 1 amide bonds. The van der Waals surface area contributed by atoms with Crippen LogP contribution in [0.4, 0.5) is 0 Å². The molecule has 134 valence electrons. The number of carboxylic acids is 1. The Kier molecular flexibility index (Phi) is 6.74. The van der Waals surface area contributed by atoms with Gasteiger partial charge in [0, 0.05) is 13.5 Å². The predicted molar refractivity (Wildman–Crippen MR) is 91.6 cm³/mol. The van der Waals surface area contributed by atoms with E-state index in [4.69, 9.17) is 9.84 Å². The fourth-order valence-corrected chi connectivity index (χ4v) is 2.79. The van der Waals surface area contributed by atoms with Crippen molar-refractivity contribution in [3.63, 3.8) is 0 Å². The second kappa shape index (κ2) is 9.01. The van der Waals surface area contributed by atoms with Crippen molar-refractivity contribution in [2.24, 2.45) is 5.92 Å². The smallest absolute Gasteiger partial charge is 0.309 e. The van der Waals surface area contributed by atoms with Crippen LogP contribution >= 0.6 is 0 Å². The maximum absolute atomic E-state index is 12.4. The number of likely N-dealkylation sites (N-methyl/N-ethyl adjacent to an activating group) is 1. The summed E-state index contributed by atoms with van der Waals surface area (Å²) in [6.07, 6.45) is 4.50. The number of carboxylic acid groups (broad SMARTS) is 1. The molecule has 1 heterocycles. The molecule has 1 N–H and O–H groups in total. The van der Waals surface area contributed by atoms with Crippen molar-refractivity contribution >= 4 is 17.8 Å². The minimum Gasteiger partial charge on any atom is -0.481 e. The maximum atomic E-state index is 12.4. The first-order valence-electron chi connectivity index (χ1n) is 8.33. The van der Waals surface area contributed by atoms with Gasteiger partial charge in [0.15, 0.2) is 0 Å². The molecular weight excluding hydrogens is 322 g/mol. The minimum absolute atomic E-state index is 0.00488. The van der Waals surface area contributed by atoms with E-state index in [-0.39, 0.29) is 18.9 Å². The van der Waals surface area contributed by atoms with Crippen LogP contribution in [0.25, 0.3) is 0 Å². The van der Waals surface area contributed by atoms with Gasteiger partial charge in [-0.1, -0.05) is 42.5 Å². The highest BCUT2D eigenvalue weighted by atomic mass is 16.5. The summed E-state index contributed by atoms with van der Waals surface area (Å²) in [6, 6.07) is 8.96. The largest absolute Gasteiger partial charge is 0.481 e. The van der Waals surface area contributed by atoms with Crippen molar-refractivity contribution in [3.05, 3.63) is 48.0 Å². The number of rotatable bonds is 3. The molecule has 1 aliphatic rings. The van der Waals surface area contributed by atoms with Crippen molar-refractivity contribution in [1.82, 2.24) is 4.90 Å². The number of nitrogens with zero attached hydrogens (tertiary/aromatic N) is 1. The molecule has 1 aliphatic heterocycles. The van der Waals surface area contributed by atoms with E-state index in [9.17, 15) is 14.4 Å². The highest BCUT2D eigenvalue weighted by Gasteiger charge is 2.27. The van der Waals surface area contributed by atoms with Crippen LogP contribution in [0.5, 0.6) is 0 Å². The van der Waals surface area contributed by atoms with Gasteiger partial charge in [0.1, 0.15) is 6.61 Å². The Hall–Kier alpha value is -2.63. The number of carbonyl (C=O) groups excluding carboxylic acids is 2. The fourth-order valence-electron chi connectivity index (χ4n) is 2.79. The molecule has 1 aromatic carbocycles. The summed E-state index contributed by atoms with van der Waals surface area (Å²) in [6.45, 7) is 0.00488. The van der Waals surface area contributed by atoms with Gasteiger partial charge in [0.25, 0.3) is 0 Å². The average Bonchev–Trinajstić information content (AvgIpc) is 2.59. The van der Waals surface area contributed by atoms with E-state index in [1.54, 1.807) is 18.0 Å². The minimum atomic E-state index is -1.03. The number of benzene rings is 1. The lowest BCUT2D eigenvalue weighted by molar-refractivity contribution is -0.155. The molecule has 0 saturated heterocycles. The number of allylic oxidation sites excluding steroid dienone is 2. The first-order chi connectivity index (χ1) is 12.0. The van der Waals surface area contributed by atoms with Crippen LogP contribution in [0.1, 0.15) is 37.3 Å². The Bertz CT molecular complexity index is 640. The number of ether oxygens (including phenoxy) is 1. The van der Waals surface area contributed by atoms with Crippen LogP contribution in [0.2, 0.25) is 0 Å². The van der Waals surface area contributed by atoms with E-state index in [1.165, 1.54) is 0 Å². The third-order valence-electron chi connectivity index (χ3n) is 4.30. The van der Waals surface area contributed by atoms with E-state index in [2.05, 4.69) is 0 Å². The second-order valence-electron chi connectivity index (χ2n) is 6.10. The lowest BCUT2D eigenvalue weighted by Crippen LogP contribution is -2.35. The zero-order valence-corrected chi connectivity index (χ0v) is 14.3. The van der Waals surface area contributed by atoms with E-state index >= 15 is 0 Å². The van der Waals surface area contributed by atoms with Gasteiger partial charge in [0.2, 0.25) is 5.91 Å². The van der Waals surface area contributed by atoms with Gasteiger partial charge in [-0.2, -0.15) is 0 Å². The molecule has 6 heteroatoms. The summed E-state index contributed by atoms with van der Waals surface area (Å²) in [4.78, 5) is 37.3. The third kappa shape index (κ3) is 5.45. The van der Waals surface area contributed by atoms with Gasteiger partial charge in [0.05, 0.1) is 18.4 Å². The topological polar surface area (TPSA) is 83.9 Å². The average molecular weight is 345 g/mol. The summed E-state index contributed by atoms with van der Waals surface area (Å²) in [5, 5.41) is 8.99. The number of aliphatic carboxylic acids is 1. The number of cyclic esters (lactones) is 1. The molecule has 0 bridgehead atoms. The number of hydrogen-bond acceptors (Lipinski definition) is 4. The molecule has 2 atom stereocenters. The molecule has 6 nitrogen and oxygen atoms in total. The van der Waals surface area contributed by atoms with Crippen molar-refractivity contribution in [1.29, 1.82) is 0 Å².